The molecule has 2 N–H and O–H groups in total. The molecular formula is C19H19F2N5O2. The van der Waals surface area contributed by atoms with Crippen molar-refractivity contribution in [1.82, 2.24) is 19.6 Å². The first-order valence-corrected chi connectivity index (χ1v) is 8.53. The summed E-state index contributed by atoms with van der Waals surface area (Å²) in [5.74, 6) is -2.76. The Labute approximate surface area is 160 Å². The normalized spacial score (nSPS) is 11.0. The summed E-state index contributed by atoms with van der Waals surface area (Å²) in [4.78, 5) is 31.2. The van der Waals surface area contributed by atoms with Gasteiger partial charge in [-0.05, 0) is 38.4 Å². The largest absolute Gasteiger partial charge is 0.348 e. The second kappa shape index (κ2) is 8.13. The van der Waals surface area contributed by atoms with E-state index in [1.54, 1.807) is 24.4 Å². The van der Waals surface area contributed by atoms with Crippen LogP contribution in [0.15, 0.2) is 42.6 Å². The minimum Gasteiger partial charge on any atom is -0.348 e. The number of imidazole rings is 1. The third-order valence-electron chi connectivity index (χ3n) is 3.99. The minimum atomic E-state index is -0.904. The van der Waals surface area contributed by atoms with Gasteiger partial charge in [0.25, 0.3) is 11.8 Å². The molecule has 2 heterocycles. The number of fused-ring (bicyclic) bond motifs is 1. The van der Waals surface area contributed by atoms with E-state index in [2.05, 4.69) is 15.6 Å². The van der Waals surface area contributed by atoms with Gasteiger partial charge in [0.1, 0.15) is 11.6 Å². The number of amides is 2. The number of benzene rings is 1. The number of halogens is 2. The van der Waals surface area contributed by atoms with Crippen LogP contribution in [-0.2, 0) is 0 Å². The second-order valence-corrected chi connectivity index (χ2v) is 6.38. The summed E-state index contributed by atoms with van der Waals surface area (Å²) in [5.41, 5.74) is 0.169. The van der Waals surface area contributed by atoms with Crippen molar-refractivity contribution in [2.45, 2.75) is 0 Å². The monoisotopic (exact) mass is 387 g/mol. The summed E-state index contributed by atoms with van der Waals surface area (Å²) >= 11 is 0. The minimum absolute atomic E-state index is 0.0397. The molecule has 0 saturated carbocycles. The Kier molecular flexibility index (Phi) is 5.65. The molecule has 9 heteroatoms. The fraction of sp³-hybridized carbons (Fsp3) is 0.211. The zero-order chi connectivity index (χ0) is 20.3. The number of hydrogen-bond acceptors (Lipinski definition) is 4. The molecule has 0 aliphatic carbocycles. The molecule has 0 atom stereocenters. The van der Waals surface area contributed by atoms with Crippen molar-refractivity contribution in [3.05, 3.63) is 65.7 Å². The number of rotatable bonds is 6. The van der Waals surface area contributed by atoms with Crippen molar-refractivity contribution in [2.75, 3.05) is 32.5 Å². The number of likely N-dealkylation sites (N-methyl/N-ethyl adjacent to an activating group) is 1. The summed E-state index contributed by atoms with van der Waals surface area (Å²) in [7, 11) is 3.77. The third-order valence-corrected chi connectivity index (χ3v) is 3.99. The van der Waals surface area contributed by atoms with Crippen LogP contribution >= 0.6 is 0 Å². The van der Waals surface area contributed by atoms with E-state index in [9.17, 15) is 18.4 Å². The maximum atomic E-state index is 13.8. The van der Waals surface area contributed by atoms with E-state index in [-0.39, 0.29) is 17.2 Å². The first-order chi connectivity index (χ1) is 13.4. The summed E-state index contributed by atoms with van der Waals surface area (Å²) in [5, 5.41) is 5.10. The van der Waals surface area contributed by atoms with Crippen LogP contribution in [0.1, 0.15) is 21.1 Å². The summed E-state index contributed by atoms with van der Waals surface area (Å²) in [6.07, 6.45) is 1.61. The number of pyridine rings is 1. The average molecular weight is 387 g/mol. The van der Waals surface area contributed by atoms with Gasteiger partial charge in [-0.3, -0.25) is 14.0 Å². The number of aromatic nitrogens is 2. The number of carbonyl (C=O) groups is 2. The van der Waals surface area contributed by atoms with Gasteiger partial charge in [-0.2, -0.15) is 0 Å². The molecule has 0 radical (unpaired) electrons. The van der Waals surface area contributed by atoms with E-state index in [0.717, 1.165) is 12.1 Å². The van der Waals surface area contributed by atoms with E-state index < -0.39 is 23.4 Å². The van der Waals surface area contributed by atoms with E-state index >= 15 is 0 Å². The molecule has 0 bridgehead atoms. The Bertz CT molecular complexity index is 1030. The molecule has 3 rings (SSSR count). The predicted octanol–water partition coefficient (Wildman–Crippen LogP) is 2.16. The van der Waals surface area contributed by atoms with Gasteiger partial charge in [0.2, 0.25) is 5.82 Å². The van der Waals surface area contributed by atoms with Gasteiger partial charge in [-0.1, -0.05) is 6.07 Å². The Morgan fingerprint density at radius 2 is 1.93 bits per heavy atom. The zero-order valence-corrected chi connectivity index (χ0v) is 15.4. The number of anilines is 1. The maximum absolute atomic E-state index is 13.8. The maximum Gasteiger partial charge on any atom is 0.287 e. The molecule has 3 aromatic rings. The molecule has 0 spiro atoms. The lowest BCUT2D eigenvalue weighted by molar-refractivity contribution is 0.0940. The SMILES string of the molecule is CN(C)CCNC(=O)c1nc(C(=O)Nc2ccc(F)cc2F)c2ccccn12. The van der Waals surface area contributed by atoms with Gasteiger partial charge in [0.15, 0.2) is 5.69 Å². The molecule has 0 unspecified atom stereocenters. The Morgan fingerprint density at radius 1 is 1.14 bits per heavy atom. The lowest BCUT2D eigenvalue weighted by atomic mass is 10.2. The first kappa shape index (κ1) is 19.4. The van der Waals surface area contributed by atoms with Crippen molar-refractivity contribution in [2.24, 2.45) is 0 Å². The van der Waals surface area contributed by atoms with Crippen LogP contribution in [0.3, 0.4) is 0 Å². The van der Waals surface area contributed by atoms with Gasteiger partial charge in [-0.25, -0.2) is 13.8 Å². The van der Waals surface area contributed by atoms with Crippen LogP contribution in [-0.4, -0.2) is 53.3 Å². The number of hydrogen-bond donors (Lipinski definition) is 2. The van der Waals surface area contributed by atoms with Crippen LogP contribution in [0, 0.1) is 11.6 Å². The van der Waals surface area contributed by atoms with Crippen molar-refractivity contribution in [3.63, 3.8) is 0 Å². The van der Waals surface area contributed by atoms with Crippen LogP contribution in [0.25, 0.3) is 5.52 Å². The van der Waals surface area contributed by atoms with E-state index in [0.29, 0.717) is 24.7 Å². The van der Waals surface area contributed by atoms with Crippen LogP contribution in [0.4, 0.5) is 14.5 Å². The quantitative estimate of drug-likeness (QED) is 0.679. The van der Waals surface area contributed by atoms with E-state index in [4.69, 9.17) is 0 Å². The lowest BCUT2D eigenvalue weighted by Crippen LogP contribution is -2.32. The number of nitrogens with zero attached hydrogens (tertiary/aromatic N) is 3. The highest BCUT2D eigenvalue weighted by atomic mass is 19.1. The lowest BCUT2D eigenvalue weighted by Gasteiger charge is -2.09. The molecule has 0 aliphatic heterocycles. The molecule has 28 heavy (non-hydrogen) atoms. The van der Waals surface area contributed by atoms with Crippen LogP contribution in [0.2, 0.25) is 0 Å². The molecular weight excluding hydrogens is 368 g/mol. The van der Waals surface area contributed by atoms with Gasteiger partial charge in [0.05, 0.1) is 11.2 Å². The van der Waals surface area contributed by atoms with Gasteiger partial charge < -0.3 is 15.5 Å². The highest BCUT2D eigenvalue weighted by Crippen LogP contribution is 2.18. The smallest absolute Gasteiger partial charge is 0.287 e. The summed E-state index contributed by atoms with van der Waals surface area (Å²) < 4.78 is 28.4. The van der Waals surface area contributed by atoms with Crippen molar-refractivity contribution >= 4 is 23.0 Å². The van der Waals surface area contributed by atoms with Gasteiger partial charge in [0, 0.05) is 25.4 Å². The fourth-order valence-corrected chi connectivity index (χ4v) is 2.61. The summed E-state index contributed by atoms with van der Waals surface area (Å²) in [6.45, 7) is 1.06. The van der Waals surface area contributed by atoms with Crippen molar-refractivity contribution in [1.29, 1.82) is 0 Å². The molecule has 2 amide bonds. The van der Waals surface area contributed by atoms with Crippen LogP contribution in [0.5, 0.6) is 0 Å². The van der Waals surface area contributed by atoms with Crippen molar-refractivity contribution in [3.8, 4) is 0 Å². The average Bonchev–Trinajstić information content (AvgIpc) is 3.03. The molecule has 1 aromatic carbocycles. The topological polar surface area (TPSA) is 78.7 Å². The third kappa shape index (κ3) is 4.15. The van der Waals surface area contributed by atoms with E-state index in [1.165, 1.54) is 4.40 Å². The highest BCUT2D eigenvalue weighted by molar-refractivity contribution is 6.09. The van der Waals surface area contributed by atoms with Crippen LogP contribution < -0.4 is 10.6 Å². The van der Waals surface area contributed by atoms with Crippen molar-refractivity contribution < 1.29 is 18.4 Å². The first-order valence-electron chi connectivity index (χ1n) is 8.53. The molecule has 2 aromatic heterocycles. The number of nitrogens with one attached hydrogen (secondary N) is 2. The van der Waals surface area contributed by atoms with Gasteiger partial charge >= 0.3 is 0 Å². The highest BCUT2D eigenvalue weighted by Gasteiger charge is 2.22. The molecule has 0 fully saturated rings. The Morgan fingerprint density at radius 3 is 2.64 bits per heavy atom. The Balaban J connectivity index is 1.89. The molecule has 7 nitrogen and oxygen atoms in total. The zero-order valence-electron chi connectivity index (χ0n) is 15.4. The standard InChI is InChI=1S/C19H19F2N5O2/c1-25(2)10-8-22-19(28)17-24-16(15-5-3-4-9-26(15)17)18(27)23-14-7-6-12(20)11-13(14)21/h3-7,9,11H,8,10H2,1-2H3,(H,22,28)(H,23,27). The Hall–Kier alpha value is -3.33. The summed E-state index contributed by atoms with van der Waals surface area (Å²) in [6, 6.07) is 7.85. The molecule has 0 aliphatic rings. The predicted molar refractivity (Wildman–Crippen MR) is 100 cm³/mol. The number of carbonyl (C=O) groups excluding carboxylic acids is 2. The van der Waals surface area contributed by atoms with E-state index in [1.807, 2.05) is 19.0 Å². The molecule has 0 saturated heterocycles. The molecule has 146 valence electrons. The van der Waals surface area contributed by atoms with Gasteiger partial charge in [-0.15, -0.1) is 0 Å². The second-order valence-electron chi connectivity index (χ2n) is 6.38. The fourth-order valence-electron chi connectivity index (χ4n) is 2.61.